The van der Waals surface area contributed by atoms with Crippen LogP contribution in [0.1, 0.15) is 47.0 Å². The molecule has 1 radical (unpaired) electrons. The van der Waals surface area contributed by atoms with Gasteiger partial charge >= 0.3 is 15.2 Å². The van der Waals surface area contributed by atoms with Gasteiger partial charge in [0.1, 0.15) is 0 Å². The number of hydrogen-bond acceptors (Lipinski definition) is 9. The molecule has 13 heteroatoms. The molecule has 0 N–H and O–H groups in total. The normalized spacial score (nSPS) is 45.1. The first-order chi connectivity index (χ1) is 14.1. The van der Waals surface area contributed by atoms with Crippen molar-refractivity contribution in [1.82, 2.24) is 0 Å². The molecular weight excluding hydrogens is 516 g/mol. The van der Waals surface area contributed by atoms with E-state index in [0.717, 1.165) is 19.3 Å². The Morgan fingerprint density at radius 2 is 1.28 bits per heavy atom. The third-order valence-corrected chi connectivity index (χ3v) is 9.24. The van der Waals surface area contributed by atoms with E-state index in [2.05, 4.69) is 25.3 Å². The largest absolute Gasteiger partial charge is 0.486 e. The summed E-state index contributed by atoms with van der Waals surface area (Å²) in [6.45, 7) is 16.2. The Balaban J connectivity index is 0.000000249. The summed E-state index contributed by atoms with van der Waals surface area (Å²) in [7, 11) is -8.04. The number of hydrogen-bond donors (Lipinski definition) is 0. The Labute approximate surface area is 204 Å². The van der Waals surface area contributed by atoms with Crippen molar-refractivity contribution < 1.29 is 59.4 Å². The van der Waals surface area contributed by atoms with Gasteiger partial charge in [-0.15, -0.1) is 6.42 Å². The maximum Gasteiger partial charge on any atom is 0.328 e. The molecular formula is C19H38O9P3V-. The molecule has 1 aliphatic carbocycles. The molecule has 4 fully saturated rings. The fourth-order valence-corrected chi connectivity index (χ4v) is 7.27. The van der Waals surface area contributed by atoms with E-state index in [9.17, 15) is 13.7 Å². The Kier molecular flexibility index (Phi) is 12.0. The molecule has 0 aromatic carbocycles. The van der Waals surface area contributed by atoms with Crippen LogP contribution in [0.4, 0.5) is 0 Å². The number of fused-ring (bicyclic) bond motifs is 2. The van der Waals surface area contributed by atoms with Crippen molar-refractivity contribution in [3.63, 3.8) is 0 Å². The minimum Gasteiger partial charge on any atom is -0.486 e. The topological polar surface area (TPSA) is 107 Å². The first-order valence-electron chi connectivity index (χ1n) is 10.6. The van der Waals surface area contributed by atoms with Crippen molar-refractivity contribution in [2.24, 2.45) is 17.3 Å². The summed E-state index contributed by atoms with van der Waals surface area (Å²) in [5, 5.41) is 0. The fraction of sp³-hybridized carbons (Fsp3) is 0.947. The molecule has 32 heavy (non-hydrogen) atoms. The minimum atomic E-state index is -2.77. The van der Waals surface area contributed by atoms with E-state index >= 15 is 0 Å². The smallest absolute Gasteiger partial charge is 0.328 e. The van der Waals surface area contributed by atoms with Crippen LogP contribution in [-0.4, -0.2) is 52.0 Å². The molecule has 0 amide bonds. The molecule has 0 aromatic heterocycles. The Bertz CT molecular complexity index is 704. The van der Waals surface area contributed by atoms with Crippen molar-refractivity contribution in [2.45, 2.75) is 59.2 Å². The van der Waals surface area contributed by atoms with E-state index in [1.807, 2.05) is 6.92 Å². The van der Waals surface area contributed by atoms with Crippen molar-refractivity contribution in [3.8, 4) is 0 Å². The van der Waals surface area contributed by atoms with Crippen LogP contribution in [0, 0.1) is 23.9 Å². The van der Waals surface area contributed by atoms with E-state index < -0.39 is 22.8 Å². The van der Waals surface area contributed by atoms with Crippen LogP contribution in [0.2, 0.25) is 0 Å². The van der Waals surface area contributed by atoms with Crippen LogP contribution in [0.15, 0.2) is 0 Å². The minimum absolute atomic E-state index is 0. The molecule has 4 aliphatic rings. The van der Waals surface area contributed by atoms with Gasteiger partial charge in [-0.3, -0.25) is 13.7 Å². The zero-order valence-electron chi connectivity index (χ0n) is 20.1. The second-order valence-electron chi connectivity index (χ2n) is 9.49. The maximum absolute atomic E-state index is 11.8. The Morgan fingerprint density at radius 3 is 1.62 bits per heavy atom. The second kappa shape index (κ2) is 12.3. The first-order valence-corrected chi connectivity index (χ1v) is 16.6. The average molecular weight is 554 g/mol. The van der Waals surface area contributed by atoms with Crippen molar-refractivity contribution in [3.05, 3.63) is 6.61 Å². The predicted molar refractivity (Wildman–Crippen MR) is 120 cm³/mol. The van der Waals surface area contributed by atoms with Gasteiger partial charge in [-0.25, -0.2) is 0 Å². The molecule has 2 bridgehead atoms. The zero-order valence-corrected chi connectivity index (χ0v) is 24.2. The van der Waals surface area contributed by atoms with E-state index in [-0.39, 0.29) is 36.2 Å². The van der Waals surface area contributed by atoms with Crippen LogP contribution < -0.4 is 0 Å². The third kappa shape index (κ3) is 9.95. The quantitative estimate of drug-likeness (QED) is 0.265. The Morgan fingerprint density at radius 1 is 0.781 bits per heavy atom. The SMILES string of the molecule is CC1CC2OP(C)(=O)OC(C1)C2(C)C.CC1COP(C)(=O)OC1.CP1(=O)O[CH-]CCO1.[V]. The van der Waals surface area contributed by atoms with Gasteiger partial charge in [0.05, 0.1) is 25.4 Å². The summed E-state index contributed by atoms with van der Waals surface area (Å²) in [5.41, 5.74) is 0.0103. The van der Waals surface area contributed by atoms with Gasteiger partial charge in [-0.05, 0) is 18.8 Å². The summed E-state index contributed by atoms with van der Waals surface area (Å²) in [6, 6.07) is 0. The first kappa shape index (κ1) is 31.1. The van der Waals surface area contributed by atoms with Gasteiger partial charge in [-0.1, -0.05) is 27.7 Å². The van der Waals surface area contributed by atoms with Gasteiger partial charge in [0.2, 0.25) is 0 Å². The van der Waals surface area contributed by atoms with E-state index in [1.54, 1.807) is 6.66 Å². The van der Waals surface area contributed by atoms with Crippen LogP contribution >= 0.6 is 22.8 Å². The van der Waals surface area contributed by atoms with Gasteiger partial charge in [0.25, 0.3) is 7.60 Å². The van der Waals surface area contributed by atoms with E-state index in [0.29, 0.717) is 31.7 Å². The van der Waals surface area contributed by atoms with Gasteiger partial charge < -0.3 is 27.1 Å². The summed E-state index contributed by atoms with van der Waals surface area (Å²) >= 11 is 0. The maximum atomic E-state index is 11.8. The molecule has 1 saturated carbocycles. The molecule has 3 heterocycles. The van der Waals surface area contributed by atoms with Gasteiger partial charge in [-0.2, -0.15) is 6.61 Å². The van der Waals surface area contributed by atoms with Crippen molar-refractivity contribution >= 4 is 22.8 Å². The predicted octanol–water partition coefficient (Wildman–Crippen LogP) is 5.95. The molecule has 3 unspecified atom stereocenters. The van der Waals surface area contributed by atoms with Gasteiger partial charge in [0.15, 0.2) is 0 Å². The summed E-state index contributed by atoms with van der Waals surface area (Å²) in [4.78, 5) is 0. The molecule has 3 aliphatic heterocycles. The molecule has 189 valence electrons. The van der Waals surface area contributed by atoms with Crippen molar-refractivity contribution in [1.29, 1.82) is 0 Å². The monoisotopic (exact) mass is 554 g/mol. The standard InChI is InChI=1S/C10H19O3P.C5H11O3P.C4H8O3P.V/c1-7-5-8-10(2,3)9(6-7)13-14(4,11)12-8;1-5-3-7-9(2,6)8-4-5;1-8(5)6-3-2-4-7-8;/h7-9H,5-6H2,1-4H3;5H,3-4H2,1-2H3;3H,2,4H2,1H3;/q;;-1;. The van der Waals surface area contributed by atoms with Crippen LogP contribution in [0.5, 0.6) is 0 Å². The fourth-order valence-electron chi connectivity index (χ4n) is 3.58. The van der Waals surface area contributed by atoms with Crippen molar-refractivity contribution in [2.75, 3.05) is 39.8 Å². The van der Waals surface area contributed by atoms with E-state index in [4.69, 9.17) is 22.6 Å². The summed E-state index contributed by atoms with van der Waals surface area (Å²) in [6.07, 6.45) is 2.94. The third-order valence-electron chi connectivity index (χ3n) is 5.54. The van der Waals surface area contributed by atoms with Gasteiger partial charge in [0, 0.05) is 56.5 Å². The summed E-state index contributed by atoms with van der Waals surface area (Å²) in [5.74, 6) is 0.991. The van der Waals surface area contributed by atoms with Crippen LogP contribution in [-0.2, 0) is 59.4 Å². The van der Waals surface area contributed by atoms with Crippen LogP contribution in [0.25, 0.3) is 0 Å². The van der Waals surface area contributed by atoms with E-state index in [1.165, 1.54) is 19.9 Å². The summed E-state index contributed by atoms with van der Waals surface area (Å²) < 4.78 is 63.9. The Hall–Kier alpha value is 1.03. The molecule has 3 saturated heterocycles. The zero-order chi connectivity index (χ0) is 23.5. The molecule has 0 spiro atoms. The molecule has 9 nitrogen and oxygen atoms in total. The molecule has 4 rings (SSSR count). The second-order valence-corrected chi connectivity index (χ2v) is 15.5. The average Bonchev–Trinajstić information content (AvgIpc) is 2.61. The van der Waals surface area contributed by atoms with Crippen LogP contribution in [0.3, 0.4) is 0 Å². The molecule has 3 atom stereocenters. The molecule has 0 aromatic rings. The number of rotatable bonds is 0.